The van der Waals surface area contributed by atoms with Crippen LogP contribution in [0.2, 0.25) is 0 Å². The number of nitrogens with zero attached hydrogens (tertiary/aromatic N) is 5. The lowest BCUT2D eigenvalue weighted by Gasteiger charge is -2.36. The van der Waals surface area contributed by atoms with Crippen molar-refractivity contribution in [2.24, 2.45) is 0 Å². The molecule has 0 spiro atoms. The van der Waals surface area contributed by atoms with Gasteiger partial charge in [0.25, 0.3) is 0 Å². The largest absolute Gasteiger partial charge is 0.493 e. The molecular weight excluding hydrogens is 448 g/mol. The van der Waals surface area contributed by atoms with Gasteiger partial charge in [-0.3, -0.25) is 4.79 Å². The fourth-order valence-corrected chi connectivity index (χ4v) is 3.96. The minimum absolute atomic E-state index is 0.0281. The van der Waals surface area contributed by atoms with Gasteiger partial charge in [-0.25, -0.2) is 4.79 Å². The van der Waals surface area contributed by atoms with Crippen LogP contribution in [-0.2, 0) is 4.79 Å². The van der Waals surface area contributed by atoms with Crippen molar-refractivity contribution in [2.75, 3.05) is 64.9 Å². The van der Waals surface area contributed by atoms with Gasteiger partial charge in [0.15, 0.2) is 17.3 Å². The first-order valence-electron chi connectivity index (χ1n) is 12.1. The summed E-state index contributed by atoms with van der Waals surface area (Å²) < 4.78 is 10.7. The van der Waals surface area contributed by atoms with Crippen LogP contribution < -0.4 is 19.7 Å². The van der Waals surface area contributed by atoms with Crippen molar-refractivity contribution in [3.63, 3.8) is 0 Å². The van der Waals surface area contributed by atoms with E-state index in [1.807, 2.05) is 49.1 Å². The summed E-state index contributed by atoms with van der Waals surface area (Å²) in [6, 6.07) is 9.33. The van der Waals surface area contributed by atoms with E-state index < -0.39 is 0 Å². The number of benzene rings is 1. The average molecular weight is 485 g/mol. The summed E-state index contributed by atoms with van der Waals surface area (Å²) in [5.74, 6) is 2.04. The van der Waals surface area contributed by atoms with Gasteiger partial charge in [0.1, 0.15) is 6.54 Å². The molecule has 1 saturated heterocycles. The molecule has 0 unspecified atom stereocenters. The molecule has 1 aromatic heterocycles. The van der Waals surface area contributed by atoms with E-state index in [0.717, 1.165) is 29.9 Å². The number of aromatic nitrogens is 2. The topological polar surface area (TPSA) is 100 Å². The zero-order chi connectivity index (χ0) is 25.2. The first-order valence-corrected chi connectivity index (χ1v) is 12.1. The summed E-state index contributed by atoms with van der Waals surface area (Å²) in [5, 5.41) is 11.7. The number of hydrogen-bond acceptors (Lipinski definition) is 7. The number of carbonyl (C=O) groups is 2. The van der Waals surface area contributed by atoms with Crippen molar-refractivity contribution >= 4 is 17.8 Å². The van der Waals surface area contributed by atoms with Crippen molar-refractivity contribution in [3.05, 3.63) is 30.3 Å². The number of anilines is 1. The molecule has 190 valence electrons. The number of carbonyl (C=O) groups excluding carboxylic acids is 2. The number of piperazine rings is 1. The predicted molar refractivity (Wildman–Crippen MR) is 135 cm³/mol. The second-order valence-electron chi connectivity index (χ2n) is 8.37. The van der Waals surface area contributed by atoms with Gasteiger partial charge in [0.05, 0.1) is 19.9 Å². The molecular formula is C25H36N6O4. The first kappa shape index (κ1) is 26.1. The van der Waals surface area contributed by atoms with Crippen molar-refractivity contribution in [1.82, 2.24) is 25.3 Å². The number of amides is 3. The van der Waals surface area contributed by atoms with E-state index in [2.05, 4.69) is 20.4 Å². The molecule has 3 rings (SSSR count). The van der Waals surface area contributed by atoms with E-state index in [4.69, 9.17) is 9.47 Å². The maximum Gasteiger partial charge on any atom is 0.317 e. The van der Waals surface area contributed by atoms with Gasteiger partial charge in [-0.15, -0.1) is 10.2 Å². The lowest BCUT2D eigenvalue weighted by molar-refractivity contribution is -0.132. The fourth-order valence-electron chi connectivity index (χ4n) is 3.96. The highest BCUT2D eigenvalue weighted by Crippen LogP contribution is 2.31. The van der Waals surface area contributed by atoms with Crippen molar-refractivity contribution in [2.45, 2.75) is 26.7 Å². The Balaban J connectivity index is 1.56. The van der Waals surface area contributed by atoms with Crippen LogP contribution in [0.25, 0.3) is 11.3 Å². The van der Waals surface area contributed by atoms with Gasteiger partial charge in [-0.05, 0) is 43.2 Å². The Labute approximate surface area is 207 Å². The Morgan fingerprint density at radius 1 is 0.971 bits per heavy atom. The molecule has 10 heteroatoms. The quantitative estimate of drug-likeness (QED) is 0.553. The molecule has 0 atom stereocenters. The van der Waals surface area contributed by atoms with Crippen LogP contribution in [0, 0.1) is 0 Å². The van der Waals surface area contributed by atoms with Crippen LogP contribution in [0.15, 0.2) is 30.3 Å². The lowest BCUT2D eigenvalue weighted by Crippen LogP contribution is -2.53. The van der Waals surface area contributed by atoms with Gasteiger partial charge >= 0.3 is 6.03 Å². The van der Waals surface area contributed by atoms with Crippen LogP contribution >= 0.6 is 0 Å². The molecule has 0 bridgehead atoms. The molecule has 2 aromatic rings. The van der Waals surface area contributed by atoms with Crippen LogP contribution in [0.4, 0.5) is 10.6 Å². The molecule has 10 nitrogen and oxygen atoms in total. The van der Waals surface area contributed by atoms with Gasteiger partial charge in [-0.1, -0.05) is 13.8 Å². The van der Waals surface area contributed by atoms with Gasteiger partial charge in [0, 0.05) is 44.8 Å². The highest BCUT2D eigenvalue weighted by Gasteiger charge is 2.25. The third kappa shape index (κ3) is 6.74. The number of methoxy groups -OCH3 is 2. The minimum Gasteiger partial charge on any atom is -0.493 e. The fraction of sp³-hybridized carbons (Fsp3) is 0.520. The van der Waals surface area contributed by atoms with Crippen molar-refractivity contribution in [3.8, 4) is 22.8 Å². The summed E-state index contributed by atoms with van der Waals surface area (Å²) in [5.41, 5.74) is 1.62. The Bertz CT molecular complexity index is 976. The molecule has 35 heavy (non-hydrogen) atoms. The minimum atomic E-state index is -0.175. The Morgan fingerprint density at radius 2 is 1.71 bits per heavy atom. The maximum absolute atomic E-state index is 12.8. The molecule has 0 radical (unpaired) electrons. The third-order valence-electron chi connectivity index (χ3n) is 5.92. The monoisotopic (exact) mass is 484 g/mol. The van der Waals surface area contributed by atoms with Crippen LogP contribution in [0.1, 0.15) is 26.7 Å². The van der Waals surface area contributed by atoms with Gasteiger partial charge in [-0.2, -0.15) is 0 Å². The molecule has 1 aromatic carbocycles. The highest BCUT2D eigenvalue weighted by atomic mass is 16.5. The molecule has 1 fully saturated rings. The van der Waals surface area contributed by atoms with E-state index in [9.17, 15) is 9.59 Å². The van der Waals surface area contributed by atoms with Gasteiger partial charge < -0.3 is 29.5 Å². The Kier molecular flexibility index (Phi) is 9.51. The summed E-state index contributed by atoms with van der Waals surface area (Å²) in [7, 11) is 3.20. The lowest BCUT2D eigenvalue weighted by atomic mass is 10.1. The predicted octanol–water partition coefficient (Wildman–Crippen LogP) is 2.64. The molecule has 0 saturated carbocycles. The molecule has 0 aliphatic carbocycles. The van der Waals surface area contributed by atoms with E-state index in [0.29, 0.717) is 50.8 Å². The molecule has 1 N–H and O–H groups in total. The van der Waals surface area contributed by atoms with Crippen LogP contribution in [-0.4, -0.2) is 92.0 Å². The molecule has 3 amide bonds. The maximum atomic E-state index is 12.8. The number of urea groups is 1. The first-order chi connectivity index (χ1) is 17.0. The Morgan fingerprint density at radius 3 is 2.31 bits per heavy atom. The average Bonchev–Trinajstić information content (AvgIpc) is 2.91. The number of ether oxygens (including phenoxy) is 2. The summed E-state index contributed by atoms with van der Waals surface area (Å²) in [6.45, 7) is 7.75. The van der Waals surface area contributed by atoms with E-state index in [-0.39, 0.29) is 18.5 Å². The SMILES string of the molecule is CCCNC(=O)N(CCC)CC(=O)N1CCN(c2ccc(-c3ccc(OC)c(OC)c3)nn2)CC1. The van der Waals surface area contributed by atoms with E-state index >= 15 is 0 Å². The number of hydrogen-bond donors (Lipinski definition) is 1. The summed E-state index contributed by atoms with van der Waals surface area (Å²) in [6.07, 6.45) is 1.67. The highest BCUT2D eigenvalue weighted by molar-refractivity contribution is 5.84. The zero-order valence-electron chi connectivity index (χ0n) is 21.1. The molecule has 2 heterocycles. The molecule has 1 aliphatic rings. The standard InChI is InChI=1S/C25H36N6O4/c1-5-11-26-25(33)31(12-6-2)18-24(32)30-15-13-29(14-16-30)23-10-8-20(27-28-23)19-7-9-21(34-3)22(17-19)35-4/h7-10,17H,5-6,11-16,18H2,1-4H3,(H,26,33). The smallest absolute Gasteiger partial charge is 0.317 e. The summed E-state index contributed by atoms with van der Waals surface area (Å²) in [4.78, 5) is 30.7. The van der Waals surface area contributed by atoms with Gasteiger partial charge in [0.2, 0.25) is 5.91 Å². The normalized spacial score (nSPS) is 13.4. The third-order valence-corrected chi connectivity index (χ3v) is 5.92. The van der Waals surface area contributed by atoms with Crippen LogP contribution in [0.5, 0.6) is 11.5 Å². The second kappa shape index (κ2) is 12.8. The van der Waals surface area contributed by atoms with Crippen LogP contribution in [0.3, 0.4) is 0 Å². The zero-order valence-corrected chi connectivity index (χ0v) is 21.1. The number of nitrogens with one attached hydrogen (secondary N) is 1. The Hall–Kier alpha value is -3.56. The number of rotatable bonds is 10. The van der Waals surface area contributed by atoms with Crippen molar-refractivity contribution < 1.29 is 19.1 Å². The molecule has 1 aliphatic heterocycles. The van der Waals surface area contributed by atoms with Crippen molar-refractivity contribution in [1.29, 1.82) is 0 Å². The van der Waals surface area contributed by atoms with E-state index in [1.165, 1.54) is 0 Å². The second-order valence-corrected chi connectivity index (χ2v) is 8.37. The summed E-state index contributed by atoms with van der Waals surface area (Å²) >= 11 is 0. The van der Waals surface area contributed by atoms with E-state index in [1.54, 1.807) is 19.1 Å².